The molecule has 1 aliphatic heterocycles. The molecule has 1 amide bonds. The van der Waals surface area contributed by atoms with Gasteiger partial charge in [0.25, 0.3) is 0 Å². The SMILES string of the molecule is CC(C)(C)OC(=O)N1CC(Oc2nc(-c3ccccn3)nc3sccc23)C[C@H]1C(=O)O. The molecule has 0 bridgehead atoms. The smallest absolute Gasteiger partial charge is 0.411 e. The van der Waals surface area contributed by atoms with Gasteiger partial charge in [-0.1, -0.05) is 6.07 Å². The van der Waals surface area contributed by atoms with Gasteiger partial charge in [-0.05, 0) is 44.4 Å². The number of fused-ring (bicyclic) bond motifs is 1. The van der Waals surface area contributed by atoms with Gasteiger partial charge < -0.3 is 14.6 Å². The van der Waals surface area contributed by atoms with Crippen LogP contribution in [0.4, 0.5) is 4.79 Å². The molecular weight excluding hydrogens is 420 g/mol. The zero-order valence-electron chi connectivity index (χ0n) is 17.3. The Hall–Kier alpha value is -3.27. The Balaban J connectivity index is 1.61. The van der Waals surface area contributed by atoms with Crippen LogP contribution < -0.4 is 4.74 Å². The molecule has 0 spiro atoms. The summed E-state index contributed by atoms with van der Waals surface area (Å²) in [5.74, 6) is -0.344. The fourth-order valence-corrected chi connectivity index (χ4v) is 4.08. The molecule has 0 aromatic carbocycles. The highest BCUT2D eigenvalue weighted by Gasteiger charge is 2.43. The fourth-order valence-electron chi connectivity index (χ4n) is 3.32. The van der Waals surface area contributed by atoms with E-state index >= 15 is 0 Å². The van der Waals surface area contributed by atoms with Crippen molar-refractivity contribution < 1.29 is 24.2 Å². The van der Waals surface area contributed by atoms with Crippen molar-refractivity contribution >= 4 is 33.6 Å². The molecule has 1 unspecified atom stereocenters. The maximum Gasteiger partial charge on any atom is 0.411 e. The third-order valence-electron chi connectivity index (χ3n) is 4.64. The van der Waals surface area contributed by atoms with E-state index in [-0.39, 0.29) is 13.0 Å². The molecule has 0 saturated carbocycles. The maximum absolute atomic E-state index is 12.5. The number of carboxylic acid groups (broad SMARTS) is 1. The minimum atomic E-state index is -1.10. The van der Waals surface area contributed by atoms with E-state index in [1.165, 1.54) is 16.2 Å². The van der Waals surface area contributed by atoms with Gasteiger partial charge >= 0.3 is 12.1 Å². The normalized spacial score (nSPS) is 18.9. The van der Waals surface area contributed by atoms with Crippen LogP contribution in [0, 0.1) is 0 Å². The highest BCUT2D eigenvalue weighted by molar-refractivity contribution is 7.16. The first kappa shape index (κ1) is 21.0. The molecule has 1 saturated heterocycles. The number of thiophene rings is 1. The predicted octanol–water partition coefficient (Wildman–Crippen LogP) is 3.59. The van der Waals surface area contributed by atoms with Crippen molar-refractivity contribution in [2.75, 3.05) is 6.54 Å². The first-order valence-corrected chi connectivity index (χ1v) is 10.6. The van der Waals surface area contributed by atoms with Crippen LogP contribution in [0.5, 0.6) is 5.88 Å². The van der Waals surface area contributed by atoms with E-state index in [2.05, 4.69) is 15.0 Å². The average molecular weight is 442 g/mol. The van der Waals surface area contributed by atoms with Crippen LogP contribution >= 0.6 is 11.3 Å². The largest absolute Gasteiger partial charge is 0.480 e. The quantitative estimate of drug-likeness (QED) is 0.652. The average Bonchev–Trinajstić information content (AvgIpc) is 3.34. The molecule has 0 aliphatic carbocycles. The maximum atomic E-state index is 12.5. The number of hydrogen-bond donors (Lipinski definition) is 1. The second kappa shape index (κ2) is 8.10. The molecule has 1 N–H and O–H groups in total. The fraction of sp³-hybridized carbons (Fsp3) is 0.381. The molecule has 4 heterocycles. The lowest BCUT2D eigenvalue weighted by Crippen LogP contribution is -2.43. The van der Waals surface area contributed by atoms with Gasteiger partial charge in [-0.25, -0.2) is 14.6 Å². The van der Waals surface area contributed by atoms with Crippen molar-refractivity contribution in [1.29, 1.82) is 0 Å². The number of aromatic nitrogens is 3. The van der Waals surface area contributed by atoms with E-state index in [9.17, 15) is 14.7 Å². The Morgan fingerprint density at radius 1 is 1.23 bits per heavy atom. The zero-order valence-corrected chi connectivity index (χ0v) is 18.1. The Morgan fingerprint density at radius 3 is 2.71 bits per heavy atom. The van der Waals surface area contributed by atoms with E-state index in [0.717, 1.165) is 10.2 Å². The van der Waals surface area contributed by atoms with E-state index in [0.29, 0.717) is 17.4 Å². The lowest BCUT2D eigenvalue weighted by atomic mass is 10.2. The Kier molecular flexibility index (Phi) is 5.48. The number of hydrogen-bond acceptors (Lipinski definition) is 8. The van der Waals surface area contributed by atoms with E-state index in [1.54, 1.807) is 39.1 Å². The summed E-state index contributed by atoms with van der Waals surface area (Å²) >= 11 is 1.45. The molecule has 10 heteroatoms. The summed E-state index contributed by atoms with van der Waals surface area (Å²) in [6.45, 7) is 5.29. The Labute approximate surface area is 182 Å². The number of ether oxygens (including phenoxy) is 2. The molecular formula is C21H22N4O5S. The number of carboxylic acids is 1. The minimum absolute atomic E-state index is 0.0838. The predicted molar refractivity (Wildman–Crippen MR) is 114 cm³/mol. The molecule has 162 valence electrons. The third kappa shape index (κ3) is 4.58. The number of rotatable bonds is 4. The van der Waals surface area contributed by atoms with Gasteiger partial charge in [0.05, 0.1) is 11.9 Å². The van der Waals surface area contributed by atoms with Crippen LogP contribution in [0.25, 0.3) is 21.7 Å². The van der Waals surface area contributed by atoms with Crippen LogP contribution in [-0.4, -0.2) is 61.3 Å². The molecule has 3 aromatic heterocycles. The molecule has 1 fully saturated rings. The summed E-state index contributed by atoms with van der Waals surface area (Å²) < 4.78 is 11.5. The van der Waals surface area contributed by atoms with Crippen molar-refractivity contribution in [1.82, 2.24) is 19.9 Å². The molecule has 31 heavy (non-hydrogen) atoms. The van der Waals surface area contributed by atoms with Crippen LogP contribution in [-0.2, 0) is 9.53 Å². The second-order valence-electron chi connectivity index (χ2n) is 8.17. The van der Waals surface area contributed by atoms with Gasteiger partial charge in [0.1, 0.15) is 28.3 Å². The van der Waals surface area contributed by atoms with Crippen molar-refractivity contribution in [3.05, 3.63) is 35.8 Å². The second-order valence-corrected chi connectivity index (χ2v) is 9.06. The standard InChI is InChI=1S/C21H22N4O5S/c1-21(2,3)30-20(28)25-11-12(10-15(25)19(26)27)29-17-13-7-9-31-18(13)24-16(23-17)14-6-4-5-8-22-14/h4-9,12,15H,10-11H2,1-3H3,(H,26,27)/t12?,15-/m0/s1. The van der Waals surface area contributed by atoms with Crippen LogP contribution in [0.1, 0.15) is 27.2 Å². The van der Waals surface area contributed by atoms with E-state index in [4.69, 9.17) is 9.47 Å². The molecule has 3 aromatic rings. The molecule has 1 aliphatic rings. The molecule has 0 radical (unpaired) electrons. The zero-order chi connectivity index (χ0) is 22.2. The van der Waals surface area contributed by atoms with E-state index in [1.807, 2.05) is 17.5 Å². The topological polar surface area (TPSA) is 115 Å². The number of carbonyl (C=O) groups excluding carboxylic acids is 1. The van der Waals surface area contributed by atoms with Gasteiger partial charge in [0.2, 0.25) is 5.88 Å². The van der Waals surface area contributed by atoms with Crippen LogP contribution in [0.15, 0.2) is 35.8 Å². The molecule has 4 rings (SSSR count). The van der Waals surface area contributed by atoms with Crippen molar-refractivity contribution in [3.63, 3.8) is 0 Å². The number of nitrogens with zero attached hydrogens (tertiary/aromatic N) is 4. The first-order chi connectivity index (χ1) is 14.7. The Morgan fingerprint density at radius 2 is 2.03 bits per heavy atom. The van der Waals surface area contributed by atoms with Crippen LogP contribution in [0.2, 0.25) is 0 Å². The van der Waals surface area contributed by atoms with Gasteiger partial charge in [-0.15, -0.1) is 11.3 Å². The lowest BCUT2D eigenvalue weighted by molar-refractivity contribution is -0.142. The van der Waals surface area contributed by atoms with E-state index < -0.39 is 29.8 Å². The van der Waals surface area contributed by atoms with Gasteiger partial charge in [-0.3, -0.25) is 9.88 Å². The van der Waals surface area contributed by atoms with Gasteiger partial charge in [0.15, 0.2) is 5.82 Å². The van der Waals surface area contributed by atoms with Gasteiger partial charge in [0, 0.05) is 12.6 Å². The number of likely N-dealkylation sites (tertiary alicyclic amines) is 1. The number of aliphatic carboxylic acids is 1. The summed E-state index contributed by atoms with van der Waals surface area (Å²) in [6, 6.07) is 6.28. The Bertz CT molecular complexity index is 1110. The lowest BCUT2D eigenvalue weighted by Gasteiger charge is -2.26. The summed E-state index contributed by atoms with van der Waals surface area (Å²) in [7, 11) is 0. The summed E-state index contributed by atoms with van der Waals surface area (Å²) in [6.07, 6.45) is 0.556. The highest BCUT2D eigenvalue weighted by Crippen LogP contribution is 2.32. The van der Waals surface area contributed by atoms with Crippen molar-refractivity contribution in [2.45, 2.75) is 44.9 Å². The van der Waals surface area contributed by atoms with Crippen molar-refractivity contribution in [3.8, 4) is 17.4 Å². The van der Waals surface area contributed by atoms with Crippen molar-refractivity contribution in [2.24, 2.45) is 0 Å². The summed E-state index contributed by atoms with van der Waals surface area (Å²) in [5, 5.41) is 12.2. The summed E-state index contributed by atoms with van der Waals surface area (Å²) in [5.41, 5.74) is -0.125. The first-order valence-electron chi connectivity index (χ1n) is 9.77. The third-order valence-corrected chi connectivity index (χ3v) is 5.44. The summed E-state index contributed by atoms with van der Waals surface area (Å²) in [4.78, 5) is 39.6. The van der Waals surface area contributed by atoms with Crippen LogP contribution in [0.3, 0.4) is 0 Å². The monoisotopic (exact) mass is 442 g/mol. The number of amides is 1. The number of pyridine rings is 1. The highest BCUT2D eigenvalue weighted by atomic mass is 32.1. The molecule has 9 nitrogen and oxygen atoms in total. The van der Waals surface area contributed by atoms with Gasteiger partial charge in [-0.2, -0.15) is 4.98 Å². The number of carbonyl (C=O) groups is 2. The minimum Gasteiger partial charge on any atom is -0.480 e. The molecule has 2 atom stereocenters.